The third-order valence-corrected chi connectivity index (χ3v) is 5.92. The highest BCUT2D eigenvalue weighted by atomic mass is 14.3. The molecule has 0 heteroatoms. The minimum atomic E-state index is 0.644. The molecule has 0 aliphatic heterocycles. The summed E-state index contributed by atoms with van der Waals surface area (Å²) in [5, 5.41) is 0. The molecule has 0 saturated heterocycles. The predicted octanol–water partition coefficient (Wildman–Crippen LogP) is 7.08. The van der Waals surface area contributed by atoms with Crippen molar-refractivity contribution in [3.05, 3.63) is 0 Å². The van der Waals surface area contributed by atoms with E-state index in [0.717, 1.165) is 23.7 Å². The van der Waals surface area contributed by atoms with Gasteiger partial charge in [-0.25, -0.2) is 0 Å². The zero-order valence-corrected chi connectivity index (χ0v) is 15.2. The van der Waals surface area contributed by atoms with Gasteiger partial charge < -0.3 is 0 Å². The van der Waals surface area contributed by atoms with Gasteiger partial charge in [0.2, 0.25) is 0 Å². The van der Waals surface area contributed by atoms with Crippen LogP contribution in [0.15, 0.2) is 0 Å². The van der Waals surface area contributed by atoms with Crippen molar-refractivity contribution in [1.82, 2.24) is 0 Å². The third-order valence-electron chi connectivity index (χ3n) is 5.92. The lowest BCUT2D eigenvalue weighted by atomic mass is 9.70. The van der Waals surface area contributed by atoms with Crippen LogP contribution in [0.3, 0.4) is 0 Å². The lowest BCUT2D eigenvalue weighted by Crippen LogP contribution is -2.23. The molecule has 2 aliphatic rings. The Kier molecular flexibility index (Phi) is 7.62. The van der Waals surface area contributed by atoms with Gasteiger partial charge in [-0.05, 0) is 54.8 Å². The Balaban J connectivity index is 0.000000204. The van der Waals surface area contributed by atoms with Crippen molar-refractivity contribution < 1.29 is 0 Å². The van der Waals surface area contributed by atoms with E-state index in [2.05, 4.69) is 41.5 Å². The second kappa shape index (κ2) is 8.44. The van der Waals surface area contributed by atoms with Gasteiger partial charge in [-0.15, -0.1) is 0 Å². The number of hydrogen-bond donors (Lipinski definition) is 0. The van der Waals surface area contributed by atoms with Crippen LogP contribution in [-0.4, -0.2) is 0 Å². The summed E-state index contributed by atoms with van der Waals surface area (Å²) >= 11 is 0. The Bertz CT molecular complexity index is 233. The van der Waals surface area contributed by atoms with E-state index in [9.17, 15) is 0 Å². The van der Waals surface area contributed by atoms with Crippen molar-refractivity contribution in [1.29, 1.82) is 0 Å². The molecular weight excluding hydrogens is 240 g/mol. The first kappa shape index (κ1) is 18.1. The molecule has 0 aromatic carbocycles. The van der Waals surface area contributed by atoms with Crippen molar-refractivity contribution >= 4 is 0 Å². The minimum Gasteiger partial charge on any atom is -0.0625 e. The average Bonchev–Trinajstić information content (AvgIpc) is 2.40. The van der Waals surface area contributed by atoms with Crippen molar-refractivity contribution in [3.8, 4) is 0 Å². The summed E-state index contributed by atoms with van der Waals surface area (Å²) < 4.78 is 0. The van der Waals surface area contributed by atoms with Gasteiger partial charge in [0, 0.05) is 0 Å². The third kappa shape index (κ3) is 6.64. The molecule has 0 radical (unpaired) electrons. The normalized spacial score (nSPS) is 24.6. The fourth-order valence-corrected chi connectivity index (χ4v) is 3.89. The van der Waals surface area contributed by atoms with Crippen LogP contribution in [0.25, 0.3) is 0 Å². The highest BCUT2D eigenvalue weighted by Crippen LogP contribution is 2.40. The number of rotatable bonds is 2. The Morgan fingerprint density at radius 3 is 1.40 bits per heavy atom. The molecule has 0 spiro atoms. The Morgan fingerprint density at radius 2 is 1.05 bits per heavy atom. The molecule has 0 aromatic rings. The summed E-state index contributed by atoms with van der Waals surface area (Å²) in [6.45, 7) is 14.3. The van der Waals surface area contributed by atoms with Gasteiger partial charge >= 0.3 is 0 Å². The van der Waals surface area contributed by atoms with Gasteiger partial charge in [0.1, 0.15) is 0 Å². The summed E-state index contributed by atoms with van der Waals surface area (Å²) in [5.41, 5.74) is 0.644. The summed E-state index contributed by atoms with van der Waals surface area (Å²) in [7, 11) is 0. The van der Waals surface area contributed by atoms with Crippen molar-refractivity contribution in [2.24, 2.45) is 29.1 Å². The largest absolute Gasteiger partial charge is 0.0625 e. The van der Waals surface area contributed by atoms with E-state index >= 15 is 0 Å². The SMILES string of the molecule is CC(C)C1CCC(C)(C)CC1.CC(C)C1CCCCC1. The molecule has 2 rings (SSSR count). The summed E-state index contributed by atoms with van der Waals surface area (Å²) in [4.78, 5) is 0. The van der Waals surface area contributed by atoms with Crippen LogP contribution >= 0.6 is 0 Å². The van der Waals surface area contributed by atoms with E-state index < -0.39 is 0 Å². The maximum absolute atomic E-state index is 2.41. The molecule has 2 fully saturated rings. The van der Waals surface area contributed by atoms with Gasteiger partial charge in [-0.1, -0.05) is 73.6 Å². The van der Waals surface area contributed by atoms with E-state index in [1.807, 2.05) is 0 Å². The molecule has 20 heavy (non-hydrogen) atoms. The van der Waals surface area contributed by atoms with Crippen LogP contribution in [0.4, 0.5) is 0 Å². The van der Waals surface area contributed by atoms with Gasteiger partial charge in [0.15, 0.2) is 0 Å². The molecule has 0 N–H and O–H groups in total. The Morgan fingerprint density at radius 1 is 0.650 bits per heavy atom. The van der Waals surface area contributed by atoms with Crippen LogP contribution < -0.4 is 0 Å². The van der Waals surface area contributed by atoms with E-state index in [1.54, 1.807) is 0 Å². The minimum absolute atomic E-state index is 0.644. The van der Waals surface area contributed by atoms with Crippen molar-refractivity contribution in [3.63, 3.8) is 0 Å². The molecule has 0 atom stereocenters. The molecule has 0 bridgehead atoms. The van der Waals surface area contributed by atoms with E-state index in [4.69, 9.17) is 0 Å². The lowest BCUT2D eigenvalue weighted by molar-refractivity contribution is 0.161. The molecule has 2 saturated carbocycles. The highest BCUT2D eigenvalue weighted by molar-refractivity contribution is 4.79. The molecule has 0 aromatic heterocycles. The zero-order chi connectivity index (χ0) is 15.2. The Hall–Kier alpha value is 0. The first-order valence-corrected chi connectivity index (χ1v) is 9.32. The fourth-order valence-electron chi connectivity index (χ4n) is 3.89. The molecule has 0 nitrogen and oxygen atoms in total. The van der Waals surface area contributed by atoms with Gasteiger partial charge in [-0.3, -0.25) is 0 Å². The van der Waals surface area contributed by atoms with Crippen LogP contribution in [0.5, 0.6) is 0 Å². The standard InChI is InChI=1S/C11H22.C9H18/c1-9(2)10-5-7-11(3,4)8-6-10;1-8(2)9-6-4-3-5-7-9/h9-10H,5-8H2,1-4H3;8-9H,3-7H2,1-2H3. The maximum atomic E-state index is 2.41. The smallest absolute Gasteiger partial charge is 0.0354 e. The molecule has 0 unspecified atom stereocenters. The quantitative estimate of drug-likeness (QED) is 0.507. The van der Waals surface area contributed by atoms with Crippen molar-refractivity contribution in [2.45, 2.75) is 99.3 Å². The summed E-state index contributed by atoms with van der Waals surface area (Å²) in [5.74, 6) is 3.91. The lowest BCUT2D eigenvalue weighted by Gasteiger charge is -2.36. The average molecular weight is 281 g/mol. The summed E-state index contributed by atoms with van der Waals surface area (Å²) in [6, 6.07) is 0. The topological polar surface area (TPSA) is 0 Å². The van der Waals surface area contributed by atoms with Gasteiger partial charge in [-0.2, -0.15) is 0 Å². The molecule has 120 valence electrons. The van der Waals surface area contributed by atoms with E-state index in [0.29, 0.717) is 5.41 Å². The van der Waals surface area contributed by atoms with E-state index in [1.165, 1.54) is 57.8 Å². The zero-order valence-electron chi connectivity index (χ0n) is 15.2. The van der Waals surface area contributed by atoms with Gasteiger partial charge in [0.25, 0.3) is 0 Å². The van der Waals surface area contributed by atoms with Crippen LogP contribution in [0.1, 0.15) is 99.3 Å². The van der Waals surface area contributed by atoms with E-state index in [-0.39, 0.29) is 0 Å². The second-order valence-electron chi connectivity index (χ2n) is 8.89. The van der Waals surface area contributed by atoms with Gasteiger partial charge in [0.05, 0.1) is 0 Å². The first-order valence-electron chi connectivity index (χ1n) is 9.32. The Labute approximate surface area is 129 Å². The molecule has 0 heterocycles. The molecule has 0 amide bonds. The number of hydrogen-bond acceptors (Lipinski definition) is 0. The van der Waals surface area contributed by atoms with Crippen LogP contribution in [0, 0.1) is 29.1 Å². The van der Waals surface area contributed by atoms with Crippen LogP contribution in [-0.2, 0) is 0 Å². The second-order valence-corrected chi connectivity index (χ2v) is 8.89. The molecule has 2 aliphatic carbocycles. The van der Waals surface area contributed by atoms with Crippen molar-refractivity contribution in [2.75, 3.05) is 0 Å². The first-order chi connectivity index (χ1) is 9.32. The molecular formula is C20H40. The fraction of sp³-hybridized carbons (Fsp3) is 1.00. The maximum Gasteiger partial charge on any atom is -0.0354 e. The highest BCUT2D eigenvalue weighted by Gasteiger charge is 2.27. The summed E-state index contributed by atoms with van der Waals surface area (Å²) in [6.07, 6.45) is 13.3. The monoisotopic (exact) mass is 280 g/mol. The predicted molar refractivity (Wildman–Crippen MR) is 92.0 cm³/mol. The van der Waals surface area contributed by atoms with Crippen LogP contribution in [0.2, 0.25) is 0 Å².